The van der Waals surface area contributed by atoms with Crippen LogP contribution in [0.1, 0.15) is 47.8 Å². The van der Waals surface area contributed by atoms with Gasteiger partial charge in [-0.15, -0.1) is 0 Å². The summed E-state index contributed by atoms with van der Waals surface area (Å²) < 4.78 is 7.65. The third kappa shape index (κ3) is 6.65. The molecule has 0 aliphatic rings. The van der Waals surface area contributed by atoms with E-state index >= 15 is 0 Å². The first-order valence-corrected chi connectivity index (χ1v) is 12.0. The van der Waals surface area contributed by atoms with Crippen LogP contribution in [0.15, 0.2) is 79.0 Å². The van der Waals surface area contributed by atoms with E-state index in [-0.39, 0.29) is 11.3 Å². The molecule has 0 bridgehead atoms. The number of hydrogen-bond donors (Lipinski definition) is 1. The fraction of sp³-hybridized carbons (Fsp3) is 0.214. The van der Waals surface area contributed by atoms with Crippen molar-refractivity contribution in [3.8, 4) is 5.75 Å². The number of carbonyl (C=O) groups excluding carboxylic acids is 1. The first-order chi connectivity index (χ1) is 16.7. The second-order valence-electron chi connectivity index (χ2n) is 9.36. The van der Waals surface area contributed by atoms with Gasteiger partial charge < -0.3 is 10.1 Å². The molecular formula is C28H27Cl2N3O2. The molecule has 0 fully saturated rings. The molecule has 4 rings (SSSR count). The van der Waals surface area contributed by atoms with E-state index < -0.39 is 0 Å². The van der Waals surface area contributed by atoms with Crippen molar-refractivity contribution in [2.45, 2.75) is 39.3 Å². The number of aromatic nitrogens is 2. The van der Waals surface area contributed by atoms with Crippen LogP contribution in [0, 0.1) is 0 Å². The standard InChI is InChI=1S/C28H27Cl2N3O2/c1-28(2,3)22-8-10-23(11-9-22)35-18-20-5-4-6-21(15-20)27(34)31-26-13-14-33(32-26)17-19-7-12-24(29)25(30)16-19/h4-16H,17-18H2,1-3H3,(H,31,32,34). The molecule has 4 aromatic rings. The van der Waals surface area contributed by atoms with Crippen LogP contribution in [0.25, 0.3) is 0 Å². The maximum absolute atomic E-state index is 12.8. The van der Waals surface area contributed by atoms with Gasteiger partial charge in [0.15, 0.2) is 5.82 Å². The van der Waals surface area contributed by atoms with E-state index in [4.69, 9.17) is 27.9 Å². The van der Waals surface area contributed by atoms with Gasteiger partial charge in [-0.25, -0.2) is 0 Å². The predicted octanol–water partition coefficient (Wildman–Crippen LogP) is 7.37. The lowest BCUT2D eigenvalue weighted by atomic mass is 9.87. The molecule has 1 aromatic heterocycles. The summed E-state index contributed by atoms with van der Waals surface area (Å²) in [5, 5.41) is 8.28. The Morgan fingerprint density at radius 3 is 2.43 bits per heavy atom. The van der Waals surface area contributed by atoms with Crippen LogP contribution in [-0.4, -0.2) is 15.7 Å². The maximum atomic E-state index is 12.8. The van der Waals surface area contributed by atoms with Crippen molar-refractivity contribution < 1.29 is 9.53 Å². The van der Waals surface area contributed by atoms with E-state index in [1.807, 2.05) is 36.4 Å². The largest absolute Gasteiger partial charge is 0.489 e. The van der Waals surface area contributed by atoms with Crippen LogP contribution in [0.5, 0.6) is 5.75 Å². The molecule has 0 saturated heterocycles. The maximum Gasteiger partial charge on any atom is 0.256 e. The van der Waals surface area contributed by atoms with E-state index in [1.54, 1.807) is 35.1 Å². The van der Waals surface area contributed by atoms with Gasteiger partial charge in [-0.05, 0) is 58.5 Å². The minimum atomic E-state index is -0.235. The van der Waals surface area contributed by atoms with Gasteiger partial charge in [0.05, 0.1) is 16.6 Å². The van der Waals surface area contributed by atoms with Gasteiger partial charge >= 0.3 is 0 Å². The number of hydrogen-bond acceptors (Lipinski definition) is 3. The highest BCUT2D eigenvalue weighted by atomic mass is 35.5. The Kier molecular flexibility index (Phi) is 7.48. The number of amides is 1. The van der Waals surface area contributed by atoms with Crippen molar-refractivity contribution in [2.24, 2.45) is 0 Å². The second-order valence-corrected chi connectivity index (χ2v) is 10.2. The molecule has 5 nitrogen and oxygen atoms in total. The molecule has 0 aliphatic heterocycles. The fourth-order valence-electron chi connectivity index (χ4n) is 3.55. The summed E-state index contributed by atoms with van der Waals surface area (Å²) >= 11 is 12.1. The topological polar surface area (TPSA) is 56.1 Å². The van der Waals surface area contributed by atoms with Crippen molar-refractivity contribution in [3.63, 3.8) is 0 Å². The van der Waals surface area contributed by atoms with Crippen molar-refractivity contribution in [3.05, 3.63) is 111 Å². The predicted molar refractivity (Wildman–Crippen MR) is 142 cm³/mol. The Bertz CT molecular complexity index is 1320. The average molecular weight is 508 g/mol. The van der Waals surface area contributed by atoms with Gasteiger partial charge in [0.2, 0.25) is 0 Å². The Morgan fingerprint density at radius 1 is 0.943 bits per heavy atom. The molecule has 180 valence electrons. The molecule has 0 atom stereocenters. The Hall–Kier alpha value is -3.28. The quantitative estimate of drug-likeness (QED) is 0.284. The number of rotatable bonds is 7. The molecule has 0 radical (unpaired) electrons. The van der Waals surface area contributed by atoms with Crippen LogP contribution < -0.4 is 10.1 Å². The summed E-state index contributed by atoms with van der Waals surface area (Å²) in [5.74, 6) is 1.03. The molecule has 35 heavy (non-hydrogen) atoms. The van der Waals surface area contributed by atoms with Crippen LogP contribution in [0.4, 0.5) is 5.82 Å². The lowest BCUT2D eigenvalue weighted by Crippen LogP contribution is -2.13. The van der Waals surface area contributed by atoms with E-state index in [1.165, 1.54) is 5.56 Å². The fourth-order valence-corrected chi connectivity index (χ4v) is 3.87. The van der Waals surface area contributed by atoms with Gasteiger partial charge in [0, 0.05) is 17.8 Å². The van der Waals surface area contributed by atoms with E-state index in [2.05, 4.69) is 43.3 Å². The first kappa shape index (κ1) is 24.8. The minimum Gasteiger partial charge on any atom is -0.489 e. The molecule has 1 heterocycles. The lowest BCUT2D eigenvalue weighted by molar-refractivity contribution is 0.102. The normalized spacial score (nSPS) is 11.3. The molecule has 0 unspecified atom stereocenters. The molecule has 0 saturated carbocycles. The number of anilines is 1. The highest BCUT2D eigenvalue weighted by Gasteiger charge is 2.13. The molecule has 3 aromatic carbocycles. The molecule has 1 amide bonds. The van der Waals surface area contributed by atoms with Crippen molar-refractivity contribution in [1.82, 2.24) is 9.78 Å². The highest BCUT2D eigenvalue weighted by Crippen LogP contribution is 2.25. The summed E-state index contributed by atoms with van der Waals surface area (Å²) in [6.07, 6.45) is 1.80. The summed E-state index contributed by atoms with van der Waals surface area (Å²) in [7, 11) is 0. The number of benzene rings is 3. The van der Waals surface area contributed by atoms with Gasteiger partial charge in [-0.1, -0.05) is 74.3 Å². The molecule has 1 N–H and O–H groups in total. The molecule has 0 aliphatic carbocycles. The van der Waals surface area contributed by atoms with Gasteiger partial charge in [0.1, 0.15) is 12.4 Å². The Balaban J connectivity index is 1.35. The Labute approximate surface area is 215 Å². The number of carbonyl (C=O) groups is 1. The van der Waals surface area contributed by atoms with E-state index in [9.17, 15) is 4.79 Å². The monoisotopic (exact) mass is 507 g/mol. The summed E-state index contributed by atoms with van der Waals surface area (Å²) in [5.41, 5.74) is 3.75. The number of nitrogens with zero attached hydrogens (tertiary/aromatic N) is 2. The van der Waals surface area contributed by atoms with Crippen LogP contribution in [0.3, 0.4) is 0 Å². The highest BCUT2D eigenvalue weighted by molar-refractivity contribution is 6.42. The summed E-state index contributed by atoms with van der Waals surface area (Å²) in [4.78, 5) is 12.8. The zero-order valence-electron chi connectivity index (χ0n) is 19.9. The average Bonchev–Trinajstić information content (AvgIpc) is 3.26. The van der Waals surface area contributed by atoms with Gasteiger partial charge in [-0.2, -0.15) is 5.10 Å². The number of halogens is 2. The van der Waals surface area contributed by atoms with Crippen molar-refractivity contribution >= 4 is 34.9 Å². The van der Waals surface area contributed by atoms with E-state index in [0.29, 0.717) is 34.6 Å². The zero-order valence-corrected chi connectivity index (χ0v) is 21.4. The first-order valence-electron chi connectivity index (χ1n) is 11.3. The molecule has 7 heteroatoms. The second kappa shape index (κ2) is 10.5. The van der Waals surface area contributed by atoms with Crippen LogP contribution in [-0.2, 0) is 18.6 Å². The lowest BCUT2D eigenvalue weighted by Gasteiger charge is -2.19. The number of ether oxygens (including phenoxy) is 1. The Morgan fingerprint density at radius 2 is 1.71 bits per heavy atom. The third-order valence-corrected chi connectivity index (χ3v) is 6.26. The van der Waals surface area contributed by atoms with Crippen molar-refractivity contribution in [2.75, 3.05) is 5.32 Å². The SMILES string of the molecule is CC(C)(C)c1ccc(OCc2cccc(C(=O)Nc3ccn(Cc4ccc(Cl)c(Cl)c4)n3)c2)cc1. The van der Waals surface area contributed by atoms with E-state index in [0.717, 1.165) is 16.9 Å². The minimum absolute atomic E-state index is 0.0969. The zero-order chi connectivity index (χ0) is 25.0. The van der Waals surface area contributed by atoms with Gasteiger partial charge in [0.25, 0.3) is 5.91 Å². The van der Waals surface area contributed by atoms with Crippen LogP contribution >= 0.6 is 23.2 Å². The third-order valence-electron chi connectivity index (χ3n) is 5.53. The summed E-state index contributed by atoms with van der Waals surface area (Å²) in [6, 6.07) is 22.7. The summed E-state index contributed by atoms with van der Waals surface area (Å²) in [6.45, 7) is 7.42. The number of nitrogens with one attached hydrogen (secondary N) is 1. The van der Waals surface area contributed by atoms with Gasteiger partial charge in [-0.3, -0.25) is 9.48 Å². The smallest absolute Gasteiger partial charge is 0.256 e. The molecular weight excluding hydrogens is 481 g/mol. The van der Waals surface area contributed by atoms with Crippen molar-refractivity contribution in [1.29, 1.82) is 0 Å². The molecule has 0 spiro atoms. The van der Waals surface area contributed by atoms with Crippen LogP contribution in [0.2, 0.25) is 10.0 Å².